The molecule has 0 fully saturated rings. The van der Waals surface area contributed by atoms with E-state index in [1.54, 1.807) is 12.1 Å². The van der Waals surface area contributed by atoms with Crippen LogP contribution < -0.4 is 21.7 Å². The molecule has 1 heterocycles. The zero-order valence-corrected chi connectivity index (χ0v) is 15.5. The maximum absolute atomic E-state index is 11.1. The molecule has 1 amide bonds. The number of carbonyl (C=O) groups excluding carboxylic acids is 1. The number of nitrogens with one attached hydrogen (secondary N) is 3. The molecule has 8 heteroatoms. The first-order chi connectivity index (χ1) is 12.5. The average Bonchev–Trinajstić information content (AvgIpc) is 2.60. The summed E-state index contributed by atoms with van der Waals surface area (Å²) >= 11 is 3.43. The predicted octanol–water partition coefficient (Wildman–Crippen LogP) is 4.27. The molecule has 2 aromatic carbocycles. The highest BCUT2D eigenvalue weighted by atomic mass is 79.9. The zero-order chi connectivity index (χ0) is 18.5. The van der Waals surface area contributed by atoms with Crippen LogP contribution in [-0.2, 0) is 4.79 Å². The Hall–Kier alpha value is -3.13. The molecule has 1 aromatic heterocycles. The van der Waals surface area contributed by atoms with Gasteiger partial charge in [-0.2, -0.15) is 0 Å². The molecule has 3 rings (SSSR count). The van der Waals surface area contributed by atoms with E-state index in [9.17, 15) is 4.79 Å². The molecule has 0 unspecified atom stereocenters. The maximum Gasteiger partial charge on any atom is 0.221 e. The summed E-state index contributed by atoms with van der Waals surface area (Å²) in [5.41, 5.74) is 8.96. The average molecular weight is 413 g/mol. The Labute approximate surface area is 159 Å². The van der Waals surface area contributed by atoms with Crippen molar-refractivity contribution in [2.45, 2.75) is 6.92 Å². The van der Waals surface area contributed by atoms with Crippen molar-refractivity contribution in [1.29, 1.82) is 0 Å². The van der Waals surface area contributed by atoms with E-state index in [2.05, 4.69) is 41.8 Å². The fourth-order valence-corrected chi connectivity index (χ4v) is 2.67. The van der Waals surface area contributed by atoms with Gasteiger partial charge in [-0.25, -0.2) is 9.97 Å². The van der Waals surface area contributed by atoms with E-state index in [-0.39, 0.29) is 5.91 Å². The summed E-state index contributed by atoms with van der Waals surface area (Å²) in [6.45, 7) is 1.47. The first-order valence-electron chi connectivity index (χ1n) is 7.79. The molecule has 0 spiro atoms. The molecule has 0 bridgehead atoms. The number of aromatic nitrogens is 2. The van der Waals surface area contributed by atoms with Gasteiger partial charge in [-0.1, -0.05) is 22.0 Å². The molecule has 0 radical (unpaired) electrons. The summed E-state index contributed by atoms with van der Waals surface area (Å²) in [6.07, 6.45) is 1.44. The number of hydrogen-bond acceptors (Lipinski definition) is 6. The minimum atomic E-state index is -0.117. The number of amides is 1. The predicted molar refractivity (Wildman–Crippen MR) is 108 cm³/mol. The van der Waals surface area contributed by atoms with Crippen molar-refractivity contribution in [2.24, 2.45) is 0 Å². The number of rotatable bonds is 5. The Kier molecular flexibility index (Phi) is 5.33. The minimum Gasteiger partial charge on any atom is -0.393 e. The highest BCUT2D eigenvalue weighted by Gasteiger charge is 2.09. The first kappa shape index (κ1) is 17.7. The lowest BCUT2D eigenvalue weighted by Crippen LogP contribution is -2.06. The molecule has 3 aromatic rings. The highest BCUT2D eigenvalue weighted by molar-refractivity contribution is 9.10. The standard InChI is InChI=1S/C18H17BrN6O/c1-11(26)23-13-5-7-14(8-6-13)24-17-16(20)18(22-10-21-17)25-15-4-2-3-12(19)9-15/h2-10H,20H2,1H3,(H,23,26)(H2,21,22,24,25). The van der Waals surface area contributed by atoms with Crippen molar-refractivity contribution in [3.8, 4) is 0 Å². The van der Waals surface area contributed by atoms with E-state index in [0.29, 0.717) is 17.3 Å². The zero-order valence-electron chi connectivity index (χ0n) is 14.0. The fraction of sp³-hybridized carbons (Fsp3) is 0.0556. The van der Waals surface area contributed by atoms with Crippen LogP contribution in [0.2, 0.25) is 0 Å². The molecule has 5 N–H and O–H groups in total. The van der Waals surface area contributed by atoms with Crippen molar-refractivity contribution >= 4 is 56.2 Å². The number of carbonyl (C=O) groups is 1. The molecule has 7 nitrogen and oxygen atoms in total. The molecule has 132 valence electrons. The van der Waals surface area contributed by atoms with Gasteiger partial charge in [-0.3, -0.25) is 4.79 Å². The van der Waals surface area contributed by atoms with Crippen LogP contribution >= 0.6 is 15.9 Å². The van der Waals surface area contributed by atoms with Gasteiger partial charge in [-0.15, -0.1) is 0 Å². The summed E-state index contributed by atoms with van der Waals surface area (Å²) in [5.74, 6) is 0.884. The van der Waals surface area contributed by atoms with Crippen LogP contribution in [0, 0.1) is 0 Å². The van der Waals surface area contributed by atoms with Gasteiger partial charge in [0.05, 0.1) is 0 Å². The molecule has 0 aliphatic heterocycles. The fourth-order valence-electron chi connectivity index (χ4n) is 2.27. The number of nitrogens with two attached hydrogens (primary N) is 1. The third-order valence-electron chi connectivity index (χ3n) is 3.44. The van der Waals surface area contributed by atoms with Gasteiger partial charge in [0.2, 0.25) is 5.91 Å². The van der Waals surface area contributed by atoms with E-state index < -0.39 is 0 Å². The third kappa shape index (κ3) is 4.48. The normalized spacial score (nSPS) is 10.2. The van der Waals surface area contributed by atoms with Gasteiger partial charge in [0, 0.05) is 28.5 Å². The van der Waals surface area contributed by atoms with Gasteiger partial charge in [0.15, 0.2) is 11.6 Å². The quantitative estimate of drug-likeness (QED) is 0.498. The molecule has 26 heavy (non-hydrogen) atoms. The molecule has 0 saturated heterocycles. The van der Waals surface area contributed by atoms with Crippen LogP contribution in [-0.4, -0.2) is 15.9 Å². The number of anilines is 6. The highest BCUT2D eigenvalue weighted by Crippen LogP contribution is 2.29. The van der Waals surface area contributed by atoms with Crippen LogP contribution in [0.4, 0.5) is 34.4 Å². The van der Waals surface area contributed by atoms with Gasteiger partial charge >= 0.3 is 0 Å². The lowest BCUT2D eigenvalue weighted by atomic mass is 10.2. The van der Waals surface area contributed by atoms with Gasteiger partial charge in [-0.05, 0) is 42.5 Å². The van der Waals surface area contributed by atoms with Crippen molar-refractivity contribution in [2.75, 3.05) is 21.7 Å². The second-order valence-corrected chi connectivity index (χ2v) is 6.42. The molecular weight excluding hydrogens is 396 g/mol. The number of halogens is 1. The molecule has 0 saturated carbocycles. The van der Waals surface area contributed by atoms with Gasteiger partial charge in [0.1, 0.15) is 12.0 Å². The van der Waals surface area contributed by atoms with Crippen molar-refractivity contribution in [3.63, 3.8) is 0 Å². The summed E-state index contributed by atoms with van der Waals surface area (Å²) in [6, 6.07) is 14.9. The number of benzene rings is 2. The second kappa shape index (κ2) is 7.83. The Morgan fingerprint density at radius 3 is 2.19 bits per heavy atom. The largest absolute Gasteiger partial charge is 0.393 e. The van der Waals surface area contributed by atoms with Crippen LogP contribution in [0.5, 0.6) is 0 Å². The van der Waals surface area contributed by atoms with E-state index in [4.69, 9.17) is 5.73 Å². The first-order valence-corrected chi connectivity index (χ1v) is 8.58. The minimum absolute atomic E-state index is 0.117. The Morgan fingerprint density at radius 2 is 1.58 bits per heavy atom. The smallest absolute Gasteiger partial charge is 0.221 e. The number of nitrogens with zero attached hydrogens (tertiary/aromatic N) is 2. The van der Waals surface area contributed by atoms with Crippen LogP contribution in [0.3, 0.4) is 0 Å². The lowest BCUT2D eigenvalue weighted by Gasteiger charge is -2.13. The van der Waals surface area contributed by atoms with E-state index in [1.807, 2.05) is 36.4 Å². The summed E-state index contributed by atoms with van der Waals surface area (Å²) < 4.78 is 0.952. The SMILES string of the molecule is CC(=O)Nc1ccc(Nc2ncnc(Nc3cccc(Br)c3)c2N)cc1. The van der Waals surface area contributed by atoms with Crippen molar-refractivity contribution in [3.05, 3.63) is 59.3 Å². The Bertz CT molecular complexity index is 929. The van der Waals surface area contributed by atoms with E-state index in [0.717, 1.165) is 21.5 Å². The number of hydrogen-bond donors (Lipinski definition) is 4. The van der Waals surface area contributed by atoms with Crippen LogP contribution in [0.15, 0.2) is 59.3 Å². The molecule has 0 aliphatic rings. The van der Waals surface area contributed by atoms with Crippen molar-refractivity contribution in [1.82, 2.24) is 9.97 Å². The monoisotopic (exact) mass is 412 g/mol. The molecule has 0 aliphatic carbocycles. The van der Waals surface area contributed by atoms with Crippen molar-refractivity contribution < 1.29 is 4.79 Å². The summed E-state index contributed by atoms with van der Waals surface area (Å²) in [7, 11) is 0. The molecule has 0 atom stereocenters. The lowest BCUT2D eigenvalue weighted by molar-refractivity contribution is -0.114. The van der Waals surface area contributed by atoms with Crippen LogP contribution in [0.25, 0.3) is 0 Å². The maximum atomic E-state index is 11.1. The van der Waals surface area contributed by atoms with Gasteiger partial charge < -0.3 is 21.7 Å². The summed E-state index contributed by atoms with van der Waals surface area (Å²) in [4.78, 5) is 19.5. The topological polar surface area (TPSA) is 105 Å². The Morgan fingerprint density at radius 1 is 0.962 bits per heavy atom. The Balaban J connectivity index is 1.77. The summed E-state index contributed by atoms with van der Waals surface area (Å²) in [5, 5.41) is 9.05. The van der Waals surface area contributed by atoms with E-state index in [1.165, 1.54) is 13.3 Å². The number of nitrogen functional groups attached to an aromatic ring is 1. The van der Waals surface area contributed by atoms with Crippen LogP contribution in [0.1, 0.15) is 6.92 Å². The van der Waals surface area contributed by atoms with E-state index >= 15 is 0 Å². The van der Waals surface area contributed by atoms with Gasteiger partial charge in [0.25, 0.3) is 0 Å². The third-order valence-corrected chi connectivity index (χ3v) is 3.93. The molecular formula is C18H17BrN6O. The second-order valence-electron chi connectivity index (χ2n) is 5.50.